The summed E-state index contributed by atoms with van der Waals surface area (Å²) in [6.07, 6.45) is 5.01. The predicted octanol–water partition coefficient (Wildman–Crippen LogP) is 3.80. The second kappa shape index (κ2) is 7.06. The van der Waals surface area contributed by atoms with Crippen molar-refractivity contribution in [1.29, 1.82) is 0 Å². The fourth-order valence-electron chi connectivity index (χ4n) is 4.71. The van der Waals surface area contributed by atoms with E-state index in [9.17, 15) is 9.18 Å². The summed E-state index contributed by atoms with van der Waals surface area (Å²) >= 11 is 0. The number of carbonyl (C=O) groups is 1. The number of likely N-dealkylation sites (tertiary alicyclic amines) is 1. The molecule has 1 amide bonds. The Morgan fingerprint density at radius 1 is 1.30 bits per heavy atom. The molecule has 1 N–H and O–H groups in total. The second-order valence-electron chi connectivity index (χ2n) is 8.43. The van der Waals surface area contributed by atoms with Crippen molar-refractivity contribution in [2.24, 2.45) is 5.41 Å². The van der Waals surface area contributed by atoms with Crippen LogP contribution in [0.25, 0.3) is 0 Å². The van der Waals surface area contributed by atoms with Crippen LogP contribution in [0.3, 0.4) is 0 Å². The molecule has 2 heterocycles. The topological polar surface area (TPSA) is 61.9 Å². The monoisotopic (exact) mass is 370 g/mol. The first-order valence-electron chi connectivity index (χ1n) is 9.91. The number of hydrogen-bond acceptors (Lipinski definition) is 3. The molecule has 0 bridgehead atoms. The Kier molecular flexibility index (Phi) is 4.74. The first-order chi connectivity index (χ1) is 13.0. The van der Waals surface area contributed by atoms with E-state index in [2.05, 4.69) is 24.0 Å². The molecule has 144 valence electrons. The number of H-pyrrole nitrogens is 1. The van der Waals surface area contributed by atoms with E-state index in [-0.39, 0.29) is 29.0 Å². The molecule has 2 aliphatic rings. The van der Waals surface area contributed by atoms with Gasteiger partial charge in [0, 0.05) is 24.9 Å². The Morgan fingerprint density at radius 2 is 2.00 bits per heavy atom. The first-order valence-corrected chi connectivity index (χ1v) is 9.91. The van der Waals surface area contributed by atoms with E-state index in [0.717, 1.165) is 36.6 Å². The quantitative estimate of drug-likeness (QED) is 0.890. The molecule has 1 saturated carbocycles. The van der Waals surface area contributed by atoms with Gasteiger partial charge in [0.25, 0.3) is 0 Å². The van der Waals surface area contributed by atoms with Crippen LogP contribution in [0.2, 0.25) is 0 Å². The maximum Gasteiger partial charge on any atom is 0.227 e. The lowest BCUT2D eigenvalue weighted by molar-refractivity contribution is -0.129. The molecule has 0 radical (unpaired) electrons. The third-order valence-electron chi connectivity index (χ3n) is 6.24. The summed E-state index contributed by atoms with van der Waals surface area (Å²) in [5.41, 5.74) is 0.971. The van der Waals surface area contributed by atoms with Gasteiger partial charge in [0.2, 0.25) is 5.91 Å². The van der Waals surface area contributed by atoms with Gasteiger partial charge in [0.15, 0.2) is 5.82 Å². The predicted molar refractivity (Wildman–Crippen MR) is 101 cm³/mol. The van der Waals surface area contributed by atoms with Gasteiger partial charge in [-0.15, -0.1) is 0 Å². The van der Waals surface area contributed by atoms with Crippen LogP contribution in [0.4, 0.5) is 4.39 Å². The summed E-state index contributed by atoms with van der Waals surface area (Å²) in [5, 5.41) is 7.54. The van der Waals surface area contributed by atoms with E-state index in [1.807, 2.05) is 4.90 Å². The molecule has 1 aromatic carbocycles. The lowest BCUT2D eigenvalue weighted by Crippen LogP contribution is -2.32. The smallest absolute Gasteiger partial charge is 0.227 e. The first kappa shape index (κ1) is 18.1. The third kappa shape index (κ3) is 3.49. The number of aromatic nitrogens is 3. The number of halogens is 1. The molecule has 4 rings (SSSR count). The summed E-state index contributed by atoms with van der Waals surface area (Å²) in [6, 6.07) is 6.21. The summed E-state index contributed by atoms with van der Waals surface area (Å²) < 4.78 is 13.1. The molecular formula is C21H27FN4O. The molecule has 2 aromatic rings. The van der Waals surface area contributed by atoms with Crippen LogP contribution < -0.4 is 0 Å². The van der Waals surface area contributed by atoms with Gasteiger partial charge >= 0.3 is 0 Å². The Balaban J connectivity index is 1.53. The van der Waals surface area contributed by atoms with Crippen LogP contribution in [-0.2, 0) is 11.2 Å². The van der Waals surface area contributed by atoms with Crippen molar-refractivity contribution < 1.29 is 9.18 Å². The van der Waals surface area contributed by atoms with Gasteiger partial charge in [-0.2, -0.15) is 5.10 Å². The Hall–Kier alpha value is -2.24. The molecule has 2 fully saturated rings. The minimum Gasteiger partial charge on any atom is -0.341 e. The van der Waals surface area contributed by atoms with Gasteiger partial charge in [0.1, 0.15) is 11.6 Å². The van der Waals surface area contributed by atoms with Crippen LogP contribution in [0, 0.1) is 11.2 Å². The fraction of sp³-hybridized carbons (Fsp3) is 0.571. The Morgan fingerprint density at radius 3 is 2.63 bits per heavy atom. The van der Waals surface area contributed by atoms with E-state index < -0.39 is 0 Å². The van der Waals surface area contributed by atoms with Crippen molar-refractivity contribution in [3.05, 3.63) is 47.3 Å². The number of nitrogens with zero attached hydrogens (tertiary/aromatic N) is 3. The molecule has 1 unspecified atom stereocenters. The lowest BCUT2D eigenvalue weighted by Gasteiger charge is -2.28. The average molecular weight is 370 g/mol. The van der Waals surface area contributed by atoms with Gasteiger partial charge in [-0.05, 0) is 36.0 Å². The van der Waals surface area contributed by atoms with Crippen molar-refractivity contribution in [1.82, 2.24) is 20.1 Å². The SMILES string of the molecule is CC(C)c1n[nH]c(C2CN(C(=O)Cc3ccc(F)cc3)CC23CCCC3)n1. The average Bonchev–Trinajstić information content (AvgIpc) is 3.38. The molecule has 1 saturated heterocycles. The molecule has 27 heavy (non-hydrogen) atoms. The van der Waals surface area contributed by atoms with Crippen molar-refractivity contribution in [3.63, 3.8) is 0 Å². The third-order valence-corrected chi connectivity index (χ3v) is 6.24. The highest BCUT2D eigenvalue weighted by atomic mass is 19.1. The summed E-state index contributed by atoms with van der Waals surface area (Å²) in [4.78, 5) is 19.7. The molecule has 6 heteroatoms. The number of amides is 1. The number of rotatable bonds is 4. The van der Waals surface area contributed by atoms with E-state index in [1.54, 1.807) is 12.1 Å². The summed E-state index contributed by atoms with van der Waals surface area (Å²) in [5.74, 6) is 2.11. The summed E-state index contributed by atoms with van der Waals surface area (Å²) in [7, 11) is 0. The molecule has 1 spiro atoms. The van der Waals surface area contributed by atoms with E-state index in [1.165, 1.54) is 25.0 Å². The molecule has 1 atom stereocenters. The molecule has 1 aliphatic heterocycles. The minimum absolute atomic E-state index is 0.110. The van der Waals surface area contributed by atoms with Gasteiger partial charge in [-0.1, -0.05) is 38.8 Å². The lowest BCUT2D eigenvalue weighted by atomic mass is 9.76. The van der Waals surface area contributed by atoms with Crippen molar-refractivity contribution in [2.45, 2.75) is 57.8 Å². The number of benzene rings is 1. The molecule has 1 aromatic heterocycles. The largest absolute Gasteiger partial charge is 0.341 e. The number of hydrogen-bond donors (Lipinski definition) is 1. The van der Waals surface area contributed by atoms with Crippen molar-refractivity contribution in [2.75, 3.05) is 13.1 Å². The highest BCUT2D eigenvalue weighted by molar-refractivity contribution is 5.79. The van der Waals surface area contributed by atoms with Gasteiger partial charge in [-0.25, -0.2) is 9.37 Å². The second-order valence-corrected chi connectivity index (χ2v) is 8.43. The Labute approximate surface area is 159 Å². The number of aromatic amines is 1. The van der Waals surface area contributed by atoms with E-state index in [0.29, 0.717) is 13.0 Å². The standard InChI is InChI=1S/C21H27FN4O/c1-14(2)19-23-20(25-24-19)17-12-26(13-21(17)9-3-4-10-21)18(27)11-15-5-7-16(22)8-6-15/h5-8,14,17H,3-4,9-13H2,1-2H3,(H,23,24,25). The summed E-state index contributed by atoms with van der Waals surface area (Å²) in [6.45, 7) is 5.65. The van der Waals surface area contributed by atoms with E-state index in [4.69, 9.17) is 4.98 Å². The number of nitrogens with one attached hydrogen (secondary N) is 1. The maximum absolute atomic E-state index is 13.1. The van der Waals surface area contributed by atoms with Crippen molar-refractivity contribution in [3.8, 4) is 0 Å². The fourth-order valence-corrected chi connectivity index (χ4v) is 4.71. The highest BCUT2D eigenvalue weighted by Gasteiger charge is 2.51. The van der Waals surface area contributed by atoms with Crippen LogP contribution in [0.15, 0.2) is 24.3 Å². The zero-order chi connectivity index (χ0) is 19.0. The number of carbonyl (C=O) groups excluding carboxylic acids is 1. The van der Waals surface area contributed by atoms with Gasteiger partial charge < -0.3 is 4.90 Å². The maximum atomic E-state index is 13.1. The molecular weight excluding hydrogens is 343 g/mol. The van der Waals surface area contributed by atoms with Crippen LogP contribution in [0.1, 0.15) is 68.6 Å². The molecule has 5 nitrogen and oxygen atoms in total. The zero-order valence-corrected chi connectivity index (χ0v) is 16.0. The van der Waals surface area contributed by atoms with Crippen LogP contribution in [-0.4, -0.2) is 39.1 Å². The van der Waals surface area contributed by atoms with Crippen molar-refractivity contribution >= 4 is 5.91 Å². The minimum atomic E-state index is -0.274. The Bertz CT molecular complexity index is 808. The van der Waals surface area contributed by atoms with Gasteiger partial charge in [0.05, 0.1) is 6.42 Å². The highest BCUT2D eigenvalue weighted by Crippen LogP contribution is 2.52. The van der Waals surface area contributed by atoms with Crippen LogP contribution in [0.5, 0.6) is 0 Å². The van der Waals surface area contributed by atoms with Gasteiger partial charge in [-0.3, -0.25) is 9.89 Å². The normalized spacial score (nSPS) is 21.5. The van der Waals surface area contributed by atoms with Crippen LogP contribution >= 0.6 is 0 Å². The molecule has 1 aliphatic carbocycles. The zero-order valence-electron chi connectivity index (χ0n) is 16.0. The van der Waals surface area contributed by atoms with E-state index >= 15 is 0 Å².